The molecule has 0 radical (unpaired) electrons. The van der Waals surface area contributed by atoms with Gasteiger partial charge in [-0.2, -0.15) is 0 Å². The monoisotopic (exact) mass is 731 g/mol. The fourth-order valence-electron chi connectivity index (χ4n) is 5.95. The minimum absolute atomic E-state index is 0.125. The number of nitrogens with one attached hydrogen (secondary N) is 1. The molecule has 0 bridgehead atoms. The zero-order valence-corrected chi connectivity index (χ0v) is 28.9. The highest BCUT2D eigenvalue weighted by Gasteiger charge is 2.35. The number of fused-ring (bicyclic) bond motifs is 2. The average molecular weight is 733 g/mol. The molecule has 1 unspecified atom stereocenters. The Hall–Kier alpha value is -5.10. The molecule has 51 heavy (non-hydrogen) atoms. The van der Waals surface area contributed by atoms with Crippen molar-refractivity contribution in [3.63, 3.8) is 0 Å². The smallest absolute Gasteiger partial charge is 0.261 e. The molecule has 0 saturated heterocycles. The molecule has 2 heterocycles. The van der Waals surface area contributed by atoms with Crippen LogP contribution < -0.4 is 19.5 Å². The minimum atomic E-state index is -1.21. The molecule has 2 aliphatic heterocycles. The molecule has 0 aromatic heterocycles. The number of amides is 4. The number of rotatable bonds is 15. The first-order chi connectivity index (χ1) is 24.7. The first-order valence-corrected chi connectivity index (χ1v) is 17.1. The lowest BCUT2D eigenvalue weighted by Gasteiger charge is -2.31. The Morgan fingerprint density at radius 1 is 0.863 bits per heavy atom. The molecule has 0 spiro atoms. The highest BCUT2D eigenvalue weighted by molar-refractivity contribution is 6.42. The van der Waals surface area contributed by atoms with Gasteiger partial charge in [-0.25, -0.2) is 0 Å². The van der Waals surface area contributed by atoms with E-state index in [4.69, 9.17) is 37.4 Å². The highest BCUT2D eigenvalue weighted by Crippen LogP contribution is 2.33. The predicted molar refractivity (Wildman–Crippen MR) is 189 cm³/mol. The van der Waals surface area contributed by atoms with Gasteiger partial charge in [-0.1, -0.05) is 71.7 Å². The minimum Gasteiger partial charge on any atom is -0.484 e. The van der Waals surface area contributed by atoms with Crippen molar-refractivity contribution in [1.29, 1.82) is 0 Å². The summed E-state index contributed by atoms with van der Waals surface area (Å²) in [6.07, 6.45) is -0.694. The van der Waals surface area contributed by atoms with Crippen LogP contribution in [0.3, 0.4) is 0 Å². The van der Waals surface area contributed by atoms with E-state index in [0.29, 0.717) is 39.8 Å². The maximum Gasteiger partial charge on any atom is 0.261 e. The summed E-state index contributed by atoms with van der Waals surface area (Å²) in [6, 6.07) is 25.2. The average Bonchev–Trinajstić information content (AvgIpc) is 3.70. The molecule has 0 saturated carbocycles. The lowest BCUT2D eigenvalue weighted by Crippen LogP contribution is -2.52. The van der Waals surface area contributed by atoms with Crippen LogP contribution in [-0.2, 0) is 22.4 Å². The van der Waals surface area contributed by atoms with E-state index in [1.165, 1.54) is 11.0 Å². The number of halogens is 2. The SMILES string of the molecule is O=C(COc1ccc(Cl)c(Cl)c1)NC(Cc1ccccc1)[C@@H](O)CN(CCc1ccc2c(c1)OCO2)C(=O)CCN1C(=O)c2ccccc2C1=O. The fourth-order valence-corrected chi connectivity index (χ4v) is 6.24. The molecule has 6 rings (SSSR count). The third-order valence-corrected chi connectivity index (χ3v) is 9.40. The number of nitrogens with zero attached hydrogens (tertiary/aromatic N) is 2. The number of aliphatic hydroxyl groups is 1. The Bertz CT molecular complexity index is 1890. The summed E-state index contributed by atoms with van der Waals surface area (Å²) < 4.78 is 16.5. The van der Waals surface area contributed by atoms with Gasteiger partial charge < -0.3 is 29.5 Å². The topological polar surface area (TPSA) is 135 Å². The molecule has 4 aromatic rings. The lowest BCUT2D eigenvalue weighted by atomic mass is 10.00. The van der Waals surface area contributed by atoms with Crippen LogP contribution in [-0.4, -0.2) is 83.7 Å². The van der Waals surface area contributed by atoms with Gasteiger partial charge in [0.2, 0.25) is 12.7 Å². The van der Waals surface area contributed by atoms with Gasteiger partial charge in [-0.15, -0.1) is 0 Å². The standard InChI is InChI=1S/C38H35Cl2N3O8/c39-29-12-11-26(20-30(29)40)49-22-35(45)41-31(18-24-6-2-1-3-7-24)32(44)21-42(16-14-25-10-13-33-34(19-25)51-23-50-33)36(46)15-17-43-37(47)27-8-4-5-9-28(27)38(43)48/h1-13,19-20,31-32,44H,14-18,21-23H2,(H,41,45)/t31?,32-/m0/s1. The summed E-state index contributed by atoms with van der Waals surface area (Å²) >= 11 is 12.1. The van der Waals surface area contributed by atoms with E-state index in [-0.39, 0.29) is 56.8 Å². The molecule has 0 aliphatic carbocycles. The van der Waals surface area contributed by atoms with E-state index in [1.807, 2.05) is 42.5 Å². The first kappa shape index (κ1) is 35.7. The third-order valence-electron chi connectivity index (χ3n) is 8.67. The summed E-state index contributed by atoms with van der Waals surface area (Å²) in [5.74, 6) is -0.203. The molecule has 264 valence electrons. The molecule has 4 amide bonds. The maximum atomic E-state index is 13.8. The summed E-state index contributed by atoms with van der Waals surface area (Å²) in [5.41, 5.74) is 2.33. The van der Waals surface area contributed by atoms with Gasteiger partial charge in [0.05, 0.1) is 33.3 Å². The van der Waals surface area contributed by atoms with Crippen LogP contribution >= 0.6 is 23.2 Å². The van der Waals surface area contributed by atoms with Crippen molar-refractivity contribution in [3.8, 4) is 17.2 Å². The molecule has 4 aromatic carbocycles. The van der Waals surface area contributed by atoms with Crippen molar-refractivity contribution < 1.29 is 38.5 Å². The molecule has 13 heteroatoms. The van der Waals surface area contributed by atoms with Gasteiger partial charge in [0.1, 0.15) is 5.75 Å². The van der Waals surface area contributed by atoms with Gasteiger partial charge >= 0.3 is 0 Å². The number of imide groups is 1. The zero-order chi connectivity index (χ0) is 35.9. The second-order valence-corrected chi connectivity index (χ2v) is 12.9. The van der Waals surface area contributed by atoms with Gasteiger partial charge in [0, 0.05) is 32.1 Å². The van der Waals surface area contributed by atoms with Crippen LogP contribution in [0.1, 0.15) is 38.3 Å². The zero-order valence-electron chi connectivity index (χ0n) is 27.4. The number of hydrogen-bond acceptors (Lipinski definition) is 8. The molecule has 2 atom stereocenters. The van der Waals surface area contributed by atoms with E-state index >= 15 is 0 Å². The van der Waals surface area contributed by atoms with E-state index in [0.717, 1.165) is 16.0 Å². The lowest BCUT2D eigenvalue weighted by molar-refractivity contribution is -0.133. The van der Waals surface area contributed by atoms with Crippen molar-refractivity contribution in [1.82, 2.24) is 15.1 Å². The summed E-state index contributed by atoms with van der Waals surface area (Å²) in [4.78, 5) is 55.5. The van der Waals surface area contributed by atoms with Crippen molar-refractivity contribution >= 4 is 46.8 Å². The highest BCUT2D eigenvalue weighted by atomic mass is 35.5. The number of hydrogen-bond donors (Lipinski definition) is 2. The second kappa shape index (κ2) is 16.3. The van der Waals surface area contributed by atoms with Crippen molar-refractivity contribution in [2.24, 2.45) is 0 Å². The van der Waals surface area contributed by atoms with Gasteiger partial charge in [0.15, 0.2) is 18.1 Å². The van der Waals surface area contributed by atoms with E-state index in [1.54, 1.807) is 42.5 Å². The van der Waals surface area contributed by atoms with Crippen molar-refractivity contribution in [2.45, 2.75) is 31.4 Å². The second-order valence-electron chi connectivity index (χ2n) is 12.1. The van der Waals surface area contributed by atoms with Gasteiger partial charge in [0.25, 0.3) is 17.7 Å². The van der Waals surface area contributed by atoms with Crippen LogP contribution in [0, 0.1) is 0 Å². The molecule has 11 nitrogen and oxygen atoms in total. The Balaban J connectivity index is 1.16. The molecule has 2 N–H and O–H groups in total. The Morgan fingerprint density at radius 3 is 2.29 bits per heavy atom. The quantitative estimate of drug-likeness (QED) is 0.164. The van der Waals surface area contributed by atoms with Crippen LogP contribution in [0.25, 0.3) is 0 Å². The Morgan fingerprint density at radius 2 is 1.57 bits per heavy atom. The normalized spacial score (nSPS) is 14.2. The third kappa shape index (κ3) is 8.80. The number of aliphatic hydroxyl groups excluding tert-OH is 1. The van der Waals surface area contributed by atoms with Crippen LogP contribution in [0.2, 0.25) is 10.0 Å². The number of carbonyl (C=O) groups is 4. The molecular weight excluding hydrogens is 697 g/mol. The van der Waals surface area contributed by atoms with E-state index < -0.39 is 29.9 Å². The Kier molecular flexibility index (Phi) is 11.4. The van der Waals surface area contributed by atoms with E-state index in [2.05, 4.69) is 5.32 Å². The molecule has 0 fully saturated rings. The summed E-state index contributed by atoms with van der Waals surface area (Å²) in [7, 11) is 0. The van der Waals surface area contributed by atoms with Crippen molar-refractivity contribution in [3.05, 3.63) is 123 Å². The van der Waals surface area contributed by atoms with Crippen LogP contribution in [0.4, 0.5) is 0 Å². The maximum absolute atomic E-state index is 13.8. The first-order valence-electron chi connectivity index (χ1n) is 16.4. The molecular formula is C38H35Cl2N3O8. The number of benzene rings is 4. The predicted octanol–water partition coefficient (Wildman–Crippen LogP) is 4.95. The Labute approximate surface area is 304 Å². The summed E-state index contributed by atoms with van der Waals surface area (Å²) in [6.45, 7) is -0.303. The van der Waals surface area contributed by atoms with Gasteiger partial charge in [-0.05, 0) is 60.4 Å². The van der Waals surface area contributed by atoms with E-state index in [9.17, 15) is 24.3 Å². The number of ether oxygens (including phenoxy) is 3. The van der Waals surface area contributed by atoms with Crippen LogP contribution in [0.15, 0.2) is 91.0 Å². The largest absolute Gasteiger partial charge is 0.484 e. The molecule has 2 aliphatic rings. The van der Waals surface area contributed by atoms with Crippen molar-refractivity contribution in [2.75, 3.05) is 33.0 Å². The fraction of sp³-hybridized carbons (Fsp3) is 0.263. The summed E-state index contributed by atoms with van der Waals surface area (Å²) in [5, 5.41) is 15.2. The number of carbonyl (C=O) groups excluding carboxylic acids is 4. The van der Waals surface area contributed by atoms with Crippen LogP contribution in [0.5, 0.6) is 17.2 Å². The van der Waals surface area contributed by atoms with Gasteiger partial charge in [-0.3, -0.25) is 24.1 Å².